The van der Waals surface area contributed by atoms with Gasteiger partial charge < -0.3 is 10.6 Å². The van der Waals surface area contributed by atoms with Gasteiger partial charge in [0.1, 0.15) is 0 Å². The second-order valence-corrected chi connectivity index (χ2v) is 7.62. The van der Waals surface area contributed by atoms with Crippen LogP contribution in [0.5, 0.6) is 0 Å². The average molecular weight is 402 g/mol. The van der Waals surface area contributed by atoms with Crippen LogP contribution in [0.25, 0.3) is 0 Å². The van der Waals surface area contributed by atoms with E-state index in [4.69, 9.17) is 0 Å². The first kappa shape index (κ1) is 14.5. The van der Waals surface area contributed by atoms with Crippen molar-refractivity contribution in [1.82, 2.24) is 10.6 Å². The highest BCUT2D eigenvalue weighted by Gasteiger charge is 2.41. The minimum absolute atomic E-state index is 0.0192. The van der Waals surface area contributed by atoms with Gasteiger partial charge in [0.05, 0.1) is 5.56 Å². The van der Waals surface area contributed by atoms with Crippen LogP contribution in [-0.4, -0.2) is 24.0 Å². The Labute approximate surface area is 136 Å². The second kappa shape index (κ2) is 5.78. The number of piperidine rings is 1. The number of hydrogen-bond donors (Lipinski definition) is 2. The van der Waals surface area contributed by atoms with Crippen LogP contribution in [-0.2, 0) is 0 Å². The summed E-state index contributed by atoms with van der Waals surface area (Å²) in [6.45, 7) is 1.01. The van der Waals surface area contributed by atoms with E-state index in [1.165, 1.54) is 19.3 Å². The SMILES string of the molecule is O=C(NC1CCNC2(CCC2)C1)c1ccc(Br)cc1Br. The van der Waals surface area contributed by atoms with Gasteiger partial charge in [-0.15, -0.1) is 0 Å². The number of rotatable bonds is 2. The van der Waals surface area contributed by atoms with Gasteiger partial charge in [-0.3, -0.25) is 4.79 Å². The molecule has 1 unspecified atom stereocenters. The largest absolute Gasteiger partial charge is 0.349 e. The summed E-state index contributed by atoms with van der Waals surface area (Å²) in [6, 6.07) is 5.95. The maximum atomic E-state index is 12.4. The minimum atomic E-state index is 0.0192. The predicted octanol–water partition coefficient (Wildman–Crippen LogP) is 3.62. The standard InChI is InChI=1S/C15H18Br2N2O/c16-10-2-3-12(13(17)8-10)14(20)19-11-4-7-18-15(9-11)5-1-6-15/h2-3,8,11,18H,1,4-7,9H2,(H,19,20). The van der Waals surface area contributed by atoms with E-state index in [9.17, 15) is 4.79 Å². The highest BCUT2D eigenvalue weighted by atomic mass is 79.9. The summed E-state index contributed by atoms with van der Waals surface area (Å²) >= 11 is 6.86. The summed E-state index contributed by atoms with van der Waals surface area (Å²) in [6.07, 6.45) is 5.89. The highest BCUT2D eigenvalue weighted by Crippen LogP contribution is 2.38. The van der Waals surface area contributed by atoms with E-state index >= 15 is 0 Å². The molecule has 5 heteroatoms. The molecule has 3 rings (SSSR count). The van der Waals surface area contributed by atoms with E-state index in [1.54, 1.807) is 0 Å². The van der Waals surface area contributed by atoms with E-state index < -0.39 is 0 Å². The van der Waals surface area contributed by atoms with Crippen LogP contribution in [0, 0.1) is 0 Å². The monoisotopic (exact) mass is 400 g/mol. The predicted molar refractivity (Wildman–Crippen MR) is 86.9 cm³/mol. The molecule has 108 valence electrons. The lowest BCUT2D eigenvalue weighted by Crippen LogP contribution is -2.59. The normalized spacial score (nSPS) is 24.2. The van der Waals surface area contributed by atoms with Crippen molar-refractivity contribution in [3.8, 4) is 0 Å². The Bertz CT molecular complexity index is 529. The zero-order valence-electron chi connectivity index (χ0n) is 11.2. The molecule has 1 aliphatic carbocycles. The number of hydrogen-bond acceptors (Lipinski definition) is 2. The third-order valence-corrected chi connectivity index (χ3v) is 5.60. The molecule has 1 heterocycles. The number of halogens is 2. The van der Waals surface area contributed by atoms with Crippen LogP contribution >= 0.6 is 31.9 Å². The van der Waals surface area contributed by atoms with Crippen LogP contribution in [0.2, 0.25) is 0 Å². The van der Waals surface area contributed by atoms with Crippen molar-refractivity contribution in [2.75, 3.05) is 6.54 Å². The van der Waals surface area contributed by atoms with Crippen molar-refractivity contribution in [2.24, 2.45) is 0 Å². The smallest absolute Gasteiger partial charge is 0.252 e. The molecule has 1 aromatic rings. The first-order valence-corrected chi connectivity index (χ1v) is 8.68. The first-order chi connectivity index (χ1) is 9.58. The molecule has 2 aliphatic rings. The Morgan fingerprint density at radius 3 is 2.80 bits per heavy atom. The van der Waals surface area contributed by atoms with Crippen molar-refractivity contribution >= 4 is 37.8 Å². The molecule has 1 spiro atoms. The van der Waals surface area contributed by atoms with Gasteiger partial charge in [0.15, 0.2) is 0 Å². The maximum Gasteiger partial charge on any atom is 0.252 e. The molecule has 1 saturated heterocycles. The lowest BCUT2D eigenvalue weighted by atomic mass is 9.70. The topological polar surface area (TPSA) is 41.1 Å². The molecule has 1 amide bonds. The van der Waals surface area contributed by atoms with Crippen LogP contribution < -0.4 is 10.6 Å². The fraction of sp³-hybridized carbons (Fsp3) is 0.533. The maximum absolute atomic E-state index is 12.4. The first-order valence-electron chi connectivity index (χ1n) is 7.09. The van der Waals surface area contributed by atoms with Crippen molar-refractivity contribution in [3.63, 3.8) is 0 Å². The third kappa shape index (κ3) is 2.95. The number of amides is 1. The summed E-state index contributed by atoms with van der Waals surface area (Å²) in [7, 11) is 0. The minimum Gasteiger partial charge on any atom is -0.349 e. The summed E-state index contributed by atoms with van der Waals surface area (Å²) < 4.78 is 1.80. The Kier molecular flexibility index (Phi) is 4.20. The van der Waals surface area contributed by atoms with Gasteiger partial charge >= 0.3 is 0 Å². The lowest BCUT2D eigenvalue weighted by Gasteiger charge is -2.48. The average Bonchev–Trinajstić information content (AvgIpc) is 2.37. The fourth-order valence-corrected chi connectivity index (χ4v) is 4.43. The summed E-state index contributed by atoms with van der Waals surface area (Å²) in [5, 5.41) is 6.82. The molecule has 2 N–H and O–H groups in total. The van der Waals surface area contributed by atoms with Crippen LogP contribution in [0.4, 0.5) is 0 Å². The van der Waals surface area contributed by atoms with Crippen LogP contribution in [0.1, 0.15) is 42.5 Å². The Morgan fingerprint density at radius 2 is 2.15 bits per heavy atom. The van der Waals surface area contributed by atoms with Gasteiger partial charge in [0, 0.05) is 20.5 Å². The Hall–Kier alpha value is -0.390. The second-order valence-electron chi connectivity index (χ2n) is 5.85. The summed E-state index contributed by atoms with van der Waals surface area (Å²) in [5.74, 6) is 0.0192. The Balaban J connectivity index is 1.66. The molecule has 3 nitrogen and oxygen atoms in total. The van der Waals surface area contributed by atoms with Crippen LogP contribution in [0.3, 0.4) is 0 Å². The molecular weight excluding hydrogens is 384 g/mol. The zero-order chi connectivity index (χ0) is 14.2. The zero-order valence-corrected chi connectivity index (χ0v) is 14.4. The molecule has 1 saturated carbocycles. The van der Waals surface area contributed by atoms with E-state index in [1.807, 2.05) is 18.2 Å². The lowest BCUT2D eigenvalue weighted by molar-refractivity contribution is 0.0852. The molecule has 0 radical (unpaired) electrons. The van der Waals surface area contributed by atoms with E-state index in [0.717, 1.165) is 28.3 Å². The molecule has 20 heavy (non-hydrogen) atoms. The molecule has 1 atom stereocenters. The van der Waals surface area contributed by atoms with Gasteiger partial charge in [-0.25, -0.2) is 0 Å². The molecule has 1 aromatic carbocycles. The van der Waals surface area contributed by atoms with Gasteiger partial charge in [-0.1, -0.05) is 15.9 Å². The van der Waals surface area contributed by atoms with Gasteiger partial charge in [0.2, 0.25) is 0 Å². The van der Waals surface area contributed by atoms with E-state index in [-0.39, 0.29) is 5.91 Å². The molecule has 2 fully saturated rings. The van der Waals surface area contributed by atoms with Crippen molar-refractivity contribution < 1.29 is 4.79 Å². The number of benzene rings is 1. The van der Waals surface area contributed by atoms with Crippen LogP contribution in [0.15, 0.2) is 27.1 Å². The van der Waals surface area contributed by atoms with Crippen molar-refractivity contribution in [3.05, 3.63) is 32.7 Å². The van der Waals surface area contributed by atoms with Crippen molar-refractivity contribution in [2.45, 2.75) is 43.7 Å². The molecule has 1 aliphatic heterocycles. The molecular formula is C15H18Br2N2O. The number of carbonyl (C=O) groups excluding carboxylic acids is 1. The molecule has 0 aromatic heterocycles. The highest BCUT2D eigenvalue weighted by molar-refractivity contribution is 9.11. The van der Waals surface area contributed by atoms with E-state index in [0.29, 0.717) is 17.1 Å². The van der Waals surface area contributed by atoms with E-state index in [2.05, 4.69) is 42.5 Å². The Morgan fingerprint density at radius 1 is 1.35 bits per heavy atom. The van der Waals surface area contributed by atoms with Gasteiger partial charge in [0.25, 0.3) is 5.91 Å². The summed E-state index contributed by atoms with van der Waals surface area (Å²) in [5.41, 5.74) is 1.02. The van der Waals surface area contributed by atoms with Gasteiger partial charge in [-0.2, -0.15) is 0 Å². The summed E-state index contributed by atoms with van der Waals surface area (Å²) in [4.78, 5) is 12.4. The molecule has 0 bridgehead atoms. The fourth-order valence-electron chi connectivity index (χ4n) is 3.20. The number of nitrogens with one attached hydrogen (secondary N) is 2. The van der Waals surface area contributed by atoms with Crippen molar-refractivity contribution in [1.29, 1.82) is 0 Å². The third-order valence-electron chi connectivity index (χ3n) is 4.45. The van der Waals surface area contributed by atoms with Gasteiger partial charge in [-0.05, 0) is 72.8 Å². The quantitative estimate of drug-likeness (QED) is 0.794. The number of carbonyl (C=O) groups is 1.